The SMILES string of the molecule is COc1cnc(N2CCC(Oc3ccncc3Br)C2)nc1. The van der Waals surface area contributed by atoms with E-state index in [4.69, 9.17) is 9.47 Å². The van der Waals surface area contributed by atoms with Crippen molar-refractivity contribution in [3.8, 4) is 11.5 Å². The molecule has 0 aliphatic carbocycles. The number of rotatable bonds is 4. The van der Waals surface area contributed by atoms with E-state index in [0.29, 0.717) is 11.7 Å². The molecule has 0 radical (unpaired) electrons. The van der Waals surface area contributed by atoms with Crippen molar-refractivity contribution < 1.29 is 9.47 Å². The average molecular weight is 351 g/mol. The molecule has 7 heteroatoms. The summed E-state index contributed by atoms with van der Waals surface area (Å²) in [6.07, 6.45) is 7.86. The summed E-state index contributed by atoms with van der Waals surface area (Å²) < 4.78 is 11.9. The van der Waals surface area contributed by atoms with Gasteiger partial charge in [0.1, 0.15) is 11.9 Å². The molecule has 110 valence electrons. The number of hydrogen-bond donors (Lipinski definition) is 0. The largest absolute Gasteiger partial charge is 0.494 e. The molecule has 2 aromatic rings. The van der Waals surface area contributed by atoms with E-state index < -0.39 is 0 Å². The Morgan fingerprint density at radius 1 is 1.29 bits per heavy atom. The van der Waals surface area contributed by atoms with Gasteiger partial charge in [-0.1, -0.05) is 0 Å². The van der Waals surface area contributed by atoms with E-state index in [9.17, 15) is 0 Å². The first kappa shape index (κ1) is 14.1. The Morgan fingerprint density at radius 3 is 2.81 bits per heavy atom. The van der Waals surface area contributed by atoms with Crippen LogP contribution in [0.15, 0.2) is 35.3 Å². The van der Waals surface area contributed by atoms with Crippen LogP contribution >= 0.6 is 15.9 Å². The summed E-state index contributed by atoms with van der Waals surface area (Å²) in [7, 11) is 1.60. The van der Waals surface area contributed by atoms with Gasteiger partial charge in [0.2, 0.25) is 5.95 Å². The number of aromatic nitrogens is 3. The third-order valence-corrected chi connectivity index (χ3v) is 3.90. The molecule has 6 nitrogen and oxygen atoms in total. The van der Waals surface area contributed by atoms with Crippen LogP contribution in [0.25, 0.3) is 0 Å². The van der Waals surface area contributed by atoms with Gasteiger partial charge in [-0.25, -0.2) is 9.97 Å². The number of halogens is 1. The van der Waals surface area contributed by atoms with Crippen LogP contribution in [0.2, 0.25) is 0 Å². The normalized spacial score (nSPS) is 17.8. The molecule has 2 aromatic heterocycles. The van der Waals surface area contributed by atoms with Crippen molar-refractivity contribution in [3.63, 3.8) is 0 Å². The number of nitrogens with zero attached hydrogens (tertiary/aromatic N) is 4. The highest BCUT2D eigenvalue weighted by atomic mass is 79.9. The Labute approximate surface area is 131 Å². The lowest BCUT2D eigenvalue weighted by Gasteiger charge is -2.17. The van der Waals surface area contributed by atoms with Gasteiger partial charge in [-0.15, -0.1) is 0 Å². The monoisotopic (exact) mass is 350 g/mol. The lowest BCUT2D eigenvalue weighted by atomic mass is 10.3. The maximum atomic E-state index is 5.99. The first-order chi connectivity index (χ1) is 10.3. The molecular formula is C14H15BrN4O2. The number of pyridine rings is 1. The molecule has 1 aliphatic rings. The number of anilines is 1. The molecule has 21 heavy (non-hydrogen) atoms. The average Bonchev–Trinajstić information content (AvgIpc) is 2.98. The van der Waals surface area contributed by atoms with Crippen LogP contribution in [0.3, 0.4) is 0 Å². The summed E-state index contributed by atoms with van der Waals surface area (Å²) in [4.78, 5) is 14.8. The predicted molar refractivity (Wildman–Crippen MR) is 81.8 cm³/mol. The summed E-state index contributed by atoms with van der Waals surface area (Å²) in [5, 5.41) is 0. The first-order valence-electron chi connectivity index (χ1n) is 6.63. The van der Waals surface area contributed by atoms with Gasteiger partial charge >= 0.3 is 0 Å². The fourth-order valence-corrected chi connectivity index (χ4v) is 2.57. The zero-order chi connectivity index (χ0) is 14.7. The van der Waals surface area contributed by atoms with Crippen molar-refractivity contribution >= 4 is 21.9 Å². The summed E-state index contributed by atoms with van der Waals surface area (Å²) in [5.41, 5.74) is 0. The van der Waals surface area contributed by atoms with Gasteiger partial charge in [0.15, 0.2) is 5.75 Å². The minimum absolute atomic E-state index is 0.120. The van der Waals surface area contributed by atoms with Crippen LogP contribution in [0, 0.1) is 0 Å². The van der Waals surface area contributed by atoms with Crippen molar-refractivity contribution in [2.24, 2.45) is 0 Å². The molecule has 0 amide bonds. The van der Waals surface area contributed by atoms with E-state index in [-0.39, 0.29) is 6.10 Å². The lowest BCUT2D eigenvalue weighted by molar-refractivity contribution is 0.223. The fraction of sp³-hybridized carbons (Fsp3) is 0.357. The summed E-state index contributed by atoms with van der Waals surface area (Å²) >= 11 is 3.44. The van der Waals surface area contributed by atoms with E-state index >= 15 is 0 Å². The molecule has 0 bridgehead atoms. The molecule has 0 saturated carbocycles. The molecule has 0 N–H and O–H groups in total. The molecule has 0 spiro atoms. The van der Waals surface area contributed by atoms with E-state index in [2.05, 4.69) is 35.8 Å². The molecule has 3 rings (SSSR count). The van der Waals surface area contributed by atoms with Crippen molar-refractivity contribution in [2.45, 2.75) is 12.5 Å². The van der Waals surface area contributed by atoms with Crippen molar-refractivity contribution in [3.05, 3.63) is 35.3 Å². The van der Waals surface area contributed by atoms with E-state index in [1.165, 1.54) is 0 Å². The van der Waals surface area contributed by atoms with Gasteiger partial charge in [-0.05, 0) is 22.0 Å². The highest BCUT2D eigenvalue weighted by Gasteiger charge is 2.26. The standard InChI is InChI=1S/C14H15BrN4O2/c1-20-11-6-17-14(18-7-11)19-5-3-10(9-19)21-13-2-4-16-8-12(13)15/h2,4,6-8,10H,3,5,9H2,1H3. The Hall–Kier alpha value is -1.89. The summed E-state index contributed by atoms with van der Waals surface area (Å²) in [6, 6.07) is 1.86. The minimum atomic E-state index is 0.120. The number of ether oxygens (including phenoxy) is 2. The Balaban J connectivity index is 1.63. The van der Waals surface area contributed by atoms with E-state index in [0.717, 1.165) is 29.7 Å². The van der Waals surface area contributed by atoms with Crippen LogP contribution in [-0.2, 0) is 0 Å². The predicted octanol–water partition coefficient (Wildman–Crippen LogP) is 2.30. The van der Waals surface area contributed by atoms with Crippen molar-refractivity contribution in [1.82, 2.24) is 15.0 Å². The van der Waals surface area contributed by atoms with Crippen LogP contribution in [-0.4, -0.2) is 41.3 Å². The Kier molecular flexibility index (Phi) is 4.19. The third kappa shape index (κ3) is 3.24. The van der Waals surface area contributed by atoms with Gasteiger partial charge in [0.25, 0.3) is 0 Å². The van der Waals surface area contributed by atoms with E-state index in [1.807, 2.05) is 6.07 Å². The zero-order valence-corrected chi connectivity index (χ0v) is 13.2. The molecule has 0 aromatic carbocycles. The molecule has 1 aliphatic heterocycles. The second-order valence-corrected chi connectivity index (χ2v) is 5.56. The molecule has 1 fully saturated rings. The minimum Gasteiger partial charge on any atom is -0.494 e. The topological polar surface area (TPSA) is 60.4 Å². The summed E-state index contributed by atoms with van der Waals surface area (Å²) in [5.74, 6) is 2.18. The van der Waals surface area contributed by atoms with Crippen LogP contribution in [0.5, 0.6) is 11.5 Å². The molecule has 1 atom stereocenters. The highest BCUT2D eigenvalue weighted by Crippen LogP contribution is 2.27. The van der Waals surface area contributed by atoms with Crippen LogP contribution < -0.4 is 14.4 Å². The van der Waals surface area contributed by atoms with Gasteiger partial charge < -0.3 is 14.4 Å². The maximum Gasteiger partial charge on any atom is 0.225 e. The first-order valence-corrected chi connectivity index (χ1v) is 7.42. The quantitative estimate of drug-likeness (QED) is 0.843. The van der Waals surface area contributed by atoms with Gasteiger partial charge in [-0.3, -0.25) is 4.98 Å². The number of hydrogen-bond acceptors (Lipinski definition) is 6. The Bertz CT molecular complexity index is 608. The fourth-order valence-electron chi connectivity index (χ4n) is 2.22. The second kappa shape index (κ2) is 6.26. The van der Waals surface area contributed by atoms with Gasteiger partial charge in [0, 0.05) is 25.4 Å². The molecule has 1 unspecified atom stereocenters. The van der Waals surface area contributed by atoms with Gasteiger partial charge in [0.05, 0.1) is 30.5 Å². The zero-order valence-electron chi connectivity index (χ0n) is 11.6. The van der Waals surface area contributed by atoms with E-state index in [1.54, 1.807) is 31.9 Å². The highest BCUT2D eigenvalue weighted by molar-refractivity contribution is 9.10. The van der Waals surface area contributed by atoms with Crippen LogP contribution in [0.1, 0.15) is 6.42 Å². The summed E-state index contributed by atoms with van der Waals surface area (Å²) in [6.45, 7) is 1.64. The molecular weight excluding hydrogens is 336 g/mol. The smallest absolute Gasteiger partial charge is 0.225 e. The van der Waals surface area contributed by atoms with Crippen LogP contribution in [0.4, 0.5) is 5.95 Å². The van der Waals surface area contributed by atoms with Gasteiger partial charge in [-0.2, -0.15) is 0 Å². The maximum absolute atomic E-state index is 5.99. The third-order valence-electron chi connectivity index (χ3n) is 3.31. The number of methoxy groups -OCH3 is 1. The molecule has 1 saturated heterocycles. The lowest BCUT2D eigenvalue weighted by Crippen LogP contribution is -2.26. The second-order valence-electron chi connectivity index (χ2n) is 4.70. The van der Waals surface area contributed by atoms with Crippen molar-refractivity contribution in [1.29, 1.82) is 0 Å². The molecule has 3 heterocycles. The Morgan fingerprint density at radius 2 is 2.10 bits per heavy atom. The van der Waals surface area contributed by atoms with Crippen molar-refractivity contribution in [2.75, 3.05) is 25.1 Å².